The Kier molecular flexibility index (Phi) is 7.22. The van der Waals surface area contributed by atoms with E-state index in [9.17, 15) is 9.59 Å². The van der Waals surface area contributed by atoms with Crippen molar-refractivity contribution in [3.8, 4) is 11.5 Å². The van der Waals surface area contributed by atoms with Crippen LogP contribution in [0.25, 0.3) is 0 Å². The lowest BCUT2D eigenvalue weighted by molar-refractivity contribution is 0.0465. The average molecular weight is 596 g/mol. The molecule has 0 saturated heterocycles. The zero-order chi connectivity index (χ0) is 27.6. The Morgan fingerprint density at radius 1 is 0.875 bits per heavy atom. The molecule has 2 atom stereocenters. The van der Waals surface area contributed by atoms with Gasteiger partial charge in [-0.25, -0.2) is 0 Å². The van der Waals surface area contributed by atoms with E-state index in [0.717, 1.165) is 21.3 Å². The smallest absolute Gasteiger partial charge is 0.196 e. The molecule has 200 valence electrons. The Bertz CT molecular complexity index is 1620. The minimum Gasteiger partial charge on any atom is -0.489 e. The van der Waals surface area contributed by atoms with Crippen molar-refractivity contribution in [2.45, 2.75) is 32.0 Å². The third-order valence-corrected chi connectivity index (χ3v) is 7.50. The Labute approximate surface area is 240 Å². The fourth-order valence-corrected chi connectivity index (χ4v) is 5.48. The van der Waals surface area contributed by atoms with E-state index in [2.05, 4.69) is 21.1 Å². The van der Waals surface area contributed by atoms with Crippen LogP contribution < -0.4 is 9.47 Å². The maximum Gasteiger partial charge on any atom is 0.196 e. The normalized spacial score (nSPS) is 17.4. The zero-order valence-electron chi connectivity index (χ0n) is 21.8. The molecule has 0 bridgehead atoms. The SMILES string of the molecule is CC1Cc2c(OCC3CC(c4cccc(Br)c4)=NO3)c(C(=O)c3ccccc3)cc(C(=O)c3ccccc3)c2O1. The van der Waals surface area contributed by atoms with Crippen molar-refractivity contribution in [2.24, 2.45) is 5.16 Å². The zero-order valence-corrected chi connectivity index (χ0v) is 23.4. The molecule has 0 saturated carbocycles. The molecule has 2 heterocycles. The van der Waals surface area contributed by atoms with Gasteiger partial charge in [-0.15, -0.1) is 0 Å². The second-order valence-electron chi connectivity index (χ2n) is 9.92. The standard InChI is InChI=1S/C33H26BrNO5/c1-20-15-28-32(38-19-25-17-29(35-40-25)23-13-8-14-24(34)16-23)26(30(36)21-9-4-2-5-10-21)18-27(33(28)39-20)31(37)22-11-6-3-7-12-22/h2-14,16,18,20,25H,15,17,19H2,1H3. The van der Waals surface area contributed by atoms with Gasteiger partial charge in [0.1, 0.15) is 24.2 Å². The molecule has 2 aliphatic rings. The Morgan fingerprint density at radius 3 is 2.23 bits per heavy atom. The molecule has 0 aliphatic carbocycles. The van der Waals surface area contributed by atoms with Crippen LogP contribution >= 0.6 is 15.9 Å². The van der Waals surface area contributed by atoms with Gasteiger partial charge < -0.3 is 14.3 Å². The number of fused-ring (bicyclic) bond motifs is 1. The van der Waals surface area contributed by atoms with E-state index < -0.39 is 0 Å². The Morgan fingerprint density at radius 2 is 1.55 bits per heavy atom. The number of halogens is 1. The number of carbonyl (C=O) groups excluding carboxylic acids is 2. The van der Waals surface area contributed by atoms with Gasteiger partial charge in [0.25, 0.3) is 0 Å². The number of nitrogens with zero attached hydrogens (tertiary/aromatic N) is 1. The lowest BCUT2D eigenvalue weighted by Gasteiger charge is -2.18. The molecule has 6 nitrogen and oxygen atoms in total. The predicted molar refractivity (Wildman–Crippen MR) is 156 cm³/mol. The van der Waals surface area contributed by atoms with E-state index in [1.54, 1.807) is 30.3 Å². The summed E-state index contributed by atoms with van der Waals surface area (Å²) in [5.41, 5.74) is 4.25. The van der Waals surface area contributed by atoms with Crippen LogP contribution in [0.15, 0.2) is 101 Å². The molecule has 40 heavy (non-hydrogen) atoms. The van der Waals surface area contributed by atoms with Gasteiger partial charge in [-0.3, -0.25) is 9.59 Å². The molecular formula is C33H26BrNO5. The van der Waals surface area contributed by atoms with Crippen LogP contribution in [0.5, 0.6) is 11.5 Å². The highest BCUT2D eigenvalue weighted by Crippen LogP contribution is 2.43. The van der Waals surface area contributed by atoms with Gasteiger partial charge in [0.05, 0.1) is 16.8 Å². The number of ketones is 2. The number of benzene rings is 4. The van der Waals surface area contributed by atoms with E-state index in [0.29, 0.717) is 46.6 Å². The van der Waals surface area contributed by atoms with Gasteiger partial charge in [0.15, 0.2) is 17.7 Å². The molecule has 4 aromatic rings. The molecule has 0 amide bonds. The van der Waals surface area contributed by atoms with Crippen LogP contribution in [0.4, 0.5) is 0 Å². The van der Waals surface area contributed by atoms with Crippen molar-refractivity contribution in [2.75, 3.05) is 6.61 Å². The highest BCUT2D eigenvalue weighted by molar-refractivity contribution is 9.10. The van der Waals surface area contributed by atoms with E-state index in [1.807, 2.05) is 67.6 Å². The van der Waals surface area contributed by atoms with Crippen molar-refractivity contribution in [1.82, 2.24) is 0 Å². The summed E-state index contributed by atoms with van der Waals surface area (Å²) < 4.78 is 13.5. The van der Waals surface area contributed by atoms with Gasteiger partial charge in [-0.1, -0.05) is 93.9 Å². The van der Waals surface area contributed by atoms with Gasteiger partial charge >= 0.3 is 0 Å². The van der Waals surface area contributed by atoms with Crippen molar-refractivity contribution in [3.63, 3.8) is 0 Å². The van der Waals surface area contributed by atoms with Crippen LogP contribution in [-0.4, -0.2) is 36.1 Å². The minimum atomic E-state index is -0.324. The molecular weight excluding hydrogens is 570 g/mol. The van der Waals surface area contributed by atoms with Crippen LogP contribution in [0.1, 0.15) is 56.3 Å². The third kappa shape index (κ3) is 5.17. The van der Waals surface area contributed by atoms with Crippen LogP contribution in [0.3, 0.4) is 0 Å². The minimum absolute atomic E-state index is 0.170. The summed E-state index contributed by atoms with van der Waals surface area (Å²) in [5, 5.41) is 4.28. The number of hydrogen-bond acceptors (Lipinski definition) is 6. The summed E-state index contributed by atoms with van der Waals surface area (Å²) in [5.74, 6) is 0.473. The van der Waals surface area contributed by atoms with E-state index in [4.69, 9.17) is 14.3 Å². The second kappa shape index (κ2) is 11.1. The van der Waals surface area contributed by atoms with E-state index >= 15 is 0 Å². The number of oxime groups is 1. The summed E-state index contributed by atoms with van der Waals surface area (Å²) in [6.45, 7) is 2.13. The van der Waals surface area contributed by atoms with Gasteiger partial charge in [-0.05, 0) is 25.1 Å². The number of ether oxygens (including phenoxy) is 2. The first-order valence-corrected chi connectivity index (χ1v) is 13.9. The van der Waals surface area contributed by atoms with Crippen molar-refractivity contribution < 1.29 is 23.9 Å². The number of carbonyl (C=O) groups is 2. The van der Waals surface area contributed by atoms with Crippen LogP contribution in [0.2, 0.25) is 0 Å². The fourth-order valence-electron chi connectivity index (χ4n) is 5.08. The maximum atomic E-state index is 13.8. The molecule has 0 aromatic heterocycles. The van der Waals surface area contributed by atoms with Crippen molar-refractivity contribution in [3.05, 3.63) is 129 Å². The van der Waals surface area contributed by atoms with Gasteiger partial charge in [-0.2, -0.15) is 0 Å². The Hall–Kier alpha value is -4.23. The highest BCUT2D eigenvalue weighted by Gasteiger charge is 2.34. The van der Waals surface area contributed by atoms with E-state index in [-0.39, 0.29) is 30.4 Å². The molecule has 2 unspecified atom stereocenters. The quantitative estimate of drug-likeness (QED) is 0.209. The summed E-state index contributed by atoms with van der Waals surface area (Å²) in [6, 6.07) is 27.5. The average Bonchev–Trinajstić information content (AvgIpc) is 3.62. The van der Waals surface area contributed by atoms with Crippen LogP contribution in [0, 0.1) is 0 Å². The molecule has 4 aromatic carbocycles. The summed E-state index contributed by atoms with van der Waals surface area (Å²) >= 11 is 3.50. The molecule has 0 radical (unpaired) electrons. The number of rotatable bonds is 8. The van der Waals surface area contributed by atoms with Gasteiger partial charge in [0, 0.05) is 39.6 Å². The number of hydrogen-bond donors (Lipinski definition) is 0. The van der Waals surface area contributed by atoms with E-state index in [1.165, 1.54) is 0 Å². The van der Waals surface area contributed by atoms with Crippen molar-refractivity contribution >= 4 is 33.2 Å². The monoisotopic (exact) mass is 595 g/mol. The second-order valence-corrected chi connectivity index (χ2v) is 10.8. The summed E-state index contributed by atoms with van der Waals surface area (Å²) in [7, 11) is 0. The predicted octanol–water partition coefficient (Wildman–Crippen LogP) is 6.81. The summed E-state index contributed by atoms with van der Waals surface area (Å²) in [6.07, 6.45) is 0.588. The first-order valence-electron chi connectivity index (χ1n) is 13.2. The first-order chi connectivity index (χ1) is 19.5. The Balaban J connectivity index is 1.35. The topological polar surface area (TPSA) is 74.2 Å². The molecule has 0 spiro atoms. The van der Waals surface area contributed by atoms with Crippen LogP contribution in [-0.2, 0) is 11.3 Å². The molecule has 6 rings (SSSR count). The lowest BCUT2D eigenvalue weighted by Crippen LogP contribution is -2.20. The molecule has 2 aliphatic heterocycles. The maximum absolute atomic E-state index is 13.8. The van der Waals surface area contributed by atoms with Gasteiger partial charge in [0.2, 0.25) is 0 Å². The first kappa shape index (κ1) is 26.0. The molecule has 0 fully saturated rings. The molecule has 7 heteroatoms. The summed E-state index contributed by atoms with van der Waals surface area (Å²) in [4.78, 5) is 33.2. The highest BCUT2D eigenvalue weighted by atomic mass is 79.9. The third-order valence-electron chi connectivity index (χ3n) is 7.00. The lowest BCUT2D eigenvalue weighted by atomic mass is 9.92. The van der Waals surface area contributed by atoms with Crippen molar-refractivity contribution in [1.29, 1.82) is 0 Å². The largest absolute Gasteiger partial charge is 0.489 e. The fraction of sp³-hybridized carbons (Fsp3) is 0.182. The molecule has 0 N–H and O–H groups in total.